The average molecular weight is 307 g/mol. The fourth-order valence-corrected chi connectivity index (χ4v) is 3.00. The Labute approximate surface area is 131 Å². The highest BCUT2D eigenvalue weighted by Gasteiger charge is 2.31. The first kappa shape index (κ1) is 13.6. The van der Waals surface area contributed by atoms with Crippen molar-refractivity contribution in [2.75, 3.05) is 0 Å². The van der Waals surface area contributed by atoms with E-state index >= 15 is 0 Å². The minimum Gasteiger partial charge on any atom is -0.426 e. The molecule has 1 aromatic carbocycles. The number of benzene rings is 1. The summed E-state index contributed by atoms with van der Waals surface area (Å²) in [6, 6.07) is 7.28. The Morgan fingerprint density at radius 2 is 1.91 bits per heavy atom. The smallest absolute Gasteiger partial charge is 0.312 e. The van der Waals surface area contributed by atoms with E-state index in [1.807, 2.05) is 18.2 Å². The molecule has 3 heterocycles. The summed E-state index contributed by atoms with van der Waals surface area (Å²) in [4.78, 5) is 35.6. The summed E-state index contributed by atoms with van der Waals surface area (Å²) in [7, 11) is 0. The van der Waals surface area contributed by atoms with Gasteiger partial charge in [-0.25, -0.2) is 0 Å². The lowest BCUT2D eigenvalue weighted by molar-refractivity contribution is -0.135. The van der Waals surface area contributed by atoms with Crippen molar-refractivity contribution in [3.05, 3.63) is 63.8 Å². The van der Waals surface area contributed by atoms with E-state index in [0.717, 1.165) is 16.6 Å². The van der Waals surface area contributed by atoms with Crippen molar-refractivity contribution in [3.63, 3.8) is 0 Å². The summed E-state index contributed by atoms with van der Waals surface area (Å²) in [6.45, 7) is 1.75. The van der Waals surface area contributed by atoms with E-state index < -0.39 is 0 Å². The Kier molecular flexibility index (Phi) is 2.97. The van der Waals surface area contributed by atoms with Crippen molar-refractivity contribution >= 4 is 17.0 Å². The SMILES string of the molecule is Cc1cc2c(c(=O)[nH]1)[C@@H](c1ccc3nccnc3c1)CC(=O)O2. The average Bonchev–Trinajstić information content (AvgIpc) is 2.53. The monoisotopic (exact) mass is 307 g/mol. The summed E-state index contributed by atoms with van der Waals surface area (Å²) in [5.74, 6) is -0.347. The molecule has 0 aliphatic carbocycles. The van der Waals surface area contributed by atoms with Crippen molar-refractivity contribution in [1.82, 2.24) is 15.0 Å². The van der Waals surface area contributed by atoms with Gasteiger partial charge in [-0.2, -0.15) is 0 Å². The number of hydrogen-bond acceptors (Lipinski definition) is 5. The topological polar surface area (TPSA) is 84.9 Å². The number of carbonyl (C=O) groups is 1. The van der Waals surface area contributed by atoms with E-state index in [1.165, 1.54) is 0 Å². The molecule has 3 aromatic rings. The van der Waals surface area contributed by atoms with Gasteiger partial charge in [0.2, 0.25) is 0 Å². The number of rotatable bonds is 1. The highest BCUT2D eigenvalue weighted by molar-refractivity contribution is 5.79. The standard InChI is InChI=1S/C17H13N3O3/c1-9-6-14-16(17(22)20-9)11(8-15(21)23-14)10-2-3-12-13(7-10)19-5-4-18-12/h2-7,11H,8H2,1H3,(H,20,22)/t11-/m1/s1. The first-order valence-corrected chi connectivity index (χ1v) is 7.27. The van der Waals surface area contributed by atoms with Crippen LogP contribution >= 0.6 is 0 Å². The lowest BCUT2D eigenvalue weighted by Gasteiger charge is -2.24. The fourth-order valence-electron chi connectivity index (χ4n) is 3.00. The number of nitrogens with one attached hydrogen (secondary N) is 1. The van der Waals surface area contributed by atoms with Crippen LogP contribution in [0.1, 0.15) is 29.2 Å². The van der Waals surface area contributed by atoms with Gasteiger partial charge in [-0.15, -0.1) is 0 Å². The van der Waals surface area contributed by atoms with Gasteiger partial charge in [-0.1, -0.05) is 6.07 Å². The Morgan fingerprint density at radius 3 is 2.74 bits per heavy atom. The zero-order valence-corrected chi connectivity index (χ0v) is 12.4. The zero-order chi connectivity index (χ0) is 16.0. The second-order valence-electron chi connectivity index (χ2n) is 5.59. The number of pyridine rings is 1. The van der Waals surface area contributed by atoms with Gasteiger partial charge in [-0.05, 0) is 24.6 Å². The van der Waals surface area contributed by atoms with Gasteiger partial charge in [0.05, 0.1) is 23.0 Å². The van der Waals surface area contributed by atoms with Gasteiger partial charge in [0, 0.05) is 30.1 Å². The Bertz CT molecular complexity index is 994. The summed E-state index contributed by atoms with van der Waals surface area (Å²) in [5, 5.41) is 0. The van der Waals surface area contributed by atoms with Crippen molar-refractivity contribution in [2.24, 2.45) is 0 Å². The van der Waals surface area contributed by atoms with E-state index in [9.17, 15) is 9.59 Å². The Morgan fingerprint density at radius 1 is 1.13 bits per heavy atom. The van der Waals surface area contributed by atoms with Gasteiger partial charge in [0.25, 0.3) is 5.56 Å². The lowest BCUT2D eigenvalue weighted by atomic mass is 9.87. The van der Waals surface area contributed by atoms with Crippen LogP contribution in [-0.2, 0) is 4.79 Å². The second-order valence-corrected chi connectivity index (χ2v) is 5.59. The number of hydrogen-bond donors (Lipinski definition) is 1. The van der Waals surface area contributed by atoms with Crippen LogP contribution in [0.5, 0.6) is 5.75 Å². The van der Waals surface area contributed by atoms with Crippen LogP contribution in [0, 0.1) is 6.92 Å². The minimum atomic E-state index is -0.345. The Hall–Kier alpha value is -3.02. The fraction of sp³-hybridized carbons (Fsp3) is 0.176. The molecule has 1 atom stereocenters. The minimum absolute atomic E-state index is 0.130. The molecule has 0 saturated heterocycles. The predicted molar refractivity (Wildman–Crippen MR) is 83.4 cm³/mol. The first-order chi connectivity index (χ1) is 11.1. The molecule has 1 aliphatic heterocycles. The molecule has 0 spiro atoms. The highest BCUT2D eigenvalue weighted by atomic mass is 16.5. The van der Waals surface area contributed by atoms with Crippen LogP contribution in [-0.4, -0.2) is 20.9 Å². The molecule has 0 saturated carbocycles. The molecule has 0 radical (unpaired) electrons. The van der Waals surface area contributed by atoms with Gasteiger partial charge >= 0.3 is 5.97 Å². The van der Waals surface area contributed by atoms with Crippen LogP contribution in [0.25, 0.3) is 11.0 Å². The third kappa shape index (κ3) is 2.28. The van der Waals surface area contributed by atoms with Gasteiger partial charge < -0.3 is 9.72 Å². The molecule has 4 rings (SSSR count). The van der Waals surface area contributed by atoms with Crippen LogP contribution < -0.4 is 10.3 Å². The zero-order valence-electron chi connectivity index (χ0n) is 12.4. The molecule has 0 unspecified atom stereocenters. The number of ether oxygens (including phenoxy) is 1. The lowest BCUT2D eigenvalue weighted by Crippen LogP contribution is -2.28. The number of H-pyrrole nitrogens is 1. The second kappa shape index (κ2) is 5.01. The summed E-state index contributed by atoms with van der Waals surface area (Å²) >= 11 is 0. The van der Waals surface area contributed by atoms with E-state index in [0.29, 0.717) is 17.0 Å². The van der Waals surface area contributed by atoms with Crippen LogP contribution in [0.2, 0.25) is 0 Å². The maximum atomic E-state index is 12.4. The van der Waals surface area contributed by atoms with Crippen molar-refractivity contribution in [1.29, 1.82) is 0 Å². The van der Waals surface area contributed by atoms with Gasteiger partial charge in [0.15, 0.2) is 0 Å². The van der Waals surface area contributed by atoms with Crippen LogP contribution in [0.4, 0.5) is 0 Å². The van der Waals surface area contributed by atoms with E-state index in [4.69, 9.17) is 4.74 Å². The number of aromatic amines is 1. The number of aryl methyl sites for hydroxylation is 1. The molecule has 0 amide bonds. The number of nitrogens with zero attached hydrogens (tertiary/aromatic N) is 2. The van der Waals surface area contributed by atoms with Crippen LogP contribution in [0.3, 0.4) is 0 Å². The number of carbonyl (C=O) groups excluding carboxylic acids is 1. The number of esters is 1. The molecule has 1 N–H and O–H groups in total. The van der Waals surface area contributed by atoms with E-state index in [2.05, 4.69) is 15.0 Å². The Balaban J connectivity index is 1.91. The largest absolute Gasteiger partial charge is 0.426 e. The van der Waals surface area contributed by atoms with E-state index in [-0.39, 0.29) is 23.9 Å². The van der Waals surface area contributed by atoms with E-state index in [1.54, 1.807) is 25.4 Å². The van der Waals surface area contributed by atoms with Crippen molar-refractivity contribution in [2.45, 2.75) is 19.3 Å². The molecular weight excluding hydrogens is 294 g/mol. The normalized spacial score (nSPS) is 16.9. The predicted octanol–water partition coefficient (Wildman–Crippen LogP) is 2.07. The van der Waals surface area contributed by atoms with Crippen molar-refractivity contribution in [3.8, 4) is 5.75 Å². The third-order valence-electron chi connectivity index (χ3n) is 4.01. The number of fused-ring (bicyclic) bond motifs is 2. The summed E-state index contributed by atoms with van der Waals surface area (Å²) in [6.07, 6.45) is 3.37. The van der Waals surface area contributed by atoms with Gasteiger partial charge in [0.1, 0.15) is 5.75 Å². The molecule has 0 bridgehead atoms. The molecule has 6 heteroatoms. The first-order valence-electron chi connectivity index (χ1n) is 7.27. The summed E-state index contributed by atoms with van der Waals surface area (Å²) in [5.41, 5.74) is 3.27. The quantitative estimate of drug-likeness (QED) is 0.696. The number of aromatic nitrogens is 3. The molecule has 1 aliphatic rings. The molecule has 114 valence electrons. The van der Waals surface area contributed by atoms with Crippen LogP contribution in [0.15, 0.2) is 41.5 Å². The maximum absolute atomic E-state index is 12.4. The van der Waals surface area contributed by atoms with Crippen molar-refractivity contribution < 1.29 is 9.53 Å². The molecule has 2 aromatic heterocycles. The molecule has 23 heavy (non-hydrogen) atoms. The maximum Gasteiger partial charge on any atom is 0.312 e. The van der Waals surface area contributed by atoms with Gasteiger partial charge in [-0.3, -0.25) is 19.6 Å². The molecule has 0 fully saturated rings. The molecular formula is C17H13N3O3. The highest BCUT2D eigenvalue weighted by Crippen LogP contribution is 2.37. The molecule has 6 nitrogen and oxygen atoms in total. The summed E-state index contributed by atoms with van der Waals surface area (Å²) < 4.78 is 5.25. The third-order valence-corrected chi connectivity index (χ3v) is 4.01.